The second kappa shape index (κ2) is 10.9. The van der Waals surface area contributed by atoms with Crippen LogP contribution in [0.1, 0.15) is 29.8 Å². The molecular formula is C29H28N4O3S. The fourth-order valence-electron chi connectivity index (χ4n) is 4.42. The quantitative estimate of drug-likeness (QED) is 0.369. The van der Waals surface area contributed by atoms with E-state index in [0.29, 0.717) is 18.7 Å². The maximum absolute atomic E-state index is 13.8. The number of nitrogens with zero attached hydrogens (tertiary/aromatic N) is 3. The fraction of sp³-hybridized carbons (Fsp3) is 0.207. The fourth-order valence-corrected chi connectivity index (χ4v) is 5.15. The number of nitrogens with one attached hydrogen (secondary N) is 1. The number of amides is 2. The Kier molecular flexibility index (Phi) is 7.30. The Morgan fingerprint density at radius 1 is 0.973 bits per heavy atom. The van der Waals surface area contributed by atoms with Crippen LogP contribution >= 0.6 is 11.3 Å². The van der Waals surface area contributed by atoms with E-state index in [4.69, 9.17) is 9.84 Å². The number of carbonyl (C=O) groups is 2. The van der Waals surface area contributed by atoms with E-state index >= 15 is 0 Å². The van der Waals surface area contributed by atoms with Gasteiger partial charge in [0.25, 0.3) is 11.8 Å². The number of aromatic nitrogens is 2. The predicted octanol–water partition coefficient (Wildman–Crippen LogP) is 5.01. The molecule has 1 saturated heterocycles. The van der Waals surface area contributed by atoms with Crippen molar-refractivity contribution < 1.29 is 14.3 Å². The van der Waals surface area contributed by atoms with E-state index in [1.165, 1.54) is 0 Å². The summed E-state index contributed by atoms with van der Waals surface area (Å²) in [5, 5.41) is 9.71. The summed E-state index contributed by atoms with van der Waals surface area (Å²) in [6.07, 6.45) is 3.43. The number of hydrogen-bond acceptors (Lipinski definition) is 5. The number of carbonyl (C=O) groups excluding carboxylic acids is 2. The molecule has 5 rings (SSSR count). The van der Waals surface area contributed by atoms with Gasteiger partial charge in [-0.3, -0.25) is 9.59 Å². The van der Waals surface area contributed by atoms with Gasteiger partial charge in [0.1, 0.15) is 11.4 Å². The summed E-state index contributed by atoms with van der Waals surface area (Å²) in [7, 11) is 0. The molecule has 2 atom stereocenters. The molecule has 2 amide bonds. The summed E-state index contributed by atoms with van der Waals surface area (Å²) in [5.41, 5.74) is 3.04. The topological polar surface area (TPSA) is 76.5 Å². The maximum Gasteiger partial charge on any atom is 0.270 e. The van der Waals surface area contributed by atoms with Crippen molar-refractivity contribution in [2.45, 2.75) is 26.1 Å². The number of hydrogen-bond donors (Lipinski definition) is 1. The molecule has 0 radical (unpaired) electrons. The van der Waals surface area contributed by atoms with Crippen molar-refractivity contribution in [1.82, 2.24) is 20.0 Å². The van der Waals surface area contributed by atoms with E-state index in [1.807, 2.05) is 74.0 Å². The Morgan fingerprint density at radius 3 is 2.30 bits per heavy atom. The van der Waals surface area contributed by atoms with Gasteiger partial charge in [-0.1, -0.05) is 42.5 Å². The van der Waals surface area contributed by atoms with Crippen LogP contribution in [0.4, 0.5) is 0 Å². The largest absolute Gasteiger partial charge is 0.372 e. The molecule has 7 nitrogen and oxygen atoms in total. The molecule has 1 fully saturated rings. The van der Waals surface area contributed by atoms with Crippen LogP contribution in [0.5, 0.6) is 0 Å². The first-order valence-corrected chi connectivity index (χ1v) is 13.1. The Hall–Kier alpha value is -4.01. The molecular weight excluding hydrogens is 484 g/mol. The Morgan fingerprint density at radius 2 is 1.65 bits per heavy atom. The van der Waals surface area contributed by atoms with Gasteiger partial charge in [-0.15, -0.1) is 11.3 Å². The van der Waals surface area contributed by atoms with Crippen molar-refractivity contribution in [3.63, 3.8) is 0 Å². The van der Waals surface area contributed by atoms with Crippen molar-refractivity contribution in [2.75, 3.05) is 13.1 Å². The second-order valence-corrected chi connectivity index (χ2v) is 9.98. The van der Waals surface area contributed by atoms with Gasteiger partial charge in [0.05, 0.1) is 22.8 Å². The lowest BCUT2D eigenvalue weighted by atomic mass is 10.1. The minimum Gasteiger partial charge on any atom is -0.372 e. The predicted molar refractivity (Wildman–Crippen MR) is 145 cm³/mol. The zero-order chi connectivity index (χ0) is 25.8. The first-order valence-electron chi connectivity index (χ1n) is 12.2. The van der Waals surface area contributed by atoms with E-state index in [-0.39, 0.29) is 29.7 Å². The van der Waals surface area contributed by atoms with Crippen LogP contribution in [0.15, 0.2) is 90.1 Å². The lowest BCUT2D eigenvalue weighted by Crippen LogP contribution is -2.50. The second-order valence-electron chi connectivity index (χ2n) is 9.04. The first kappa shape index (κ1) is 24.7. The Labute approximate surface area is 220 Å². The van der Waals surface area contributed by atoms with Crippen molar-refractivity contribution >= 4 is 29.2 Å². The van der Waals surface area contributed by atoms with Gasteiger partial charge in [0.15, 0.2) is 0 Å². The average molecular weight is 513 g/mol. The summed E-state index contributed by atoms with van der Waals surface area (Å²) in [6, 6.07) is 22.6. The van der Waals surface area contributed by atoms with Gasteiger partial charge >= 0.3 is 0 Å². The molecule has 0 aliphatic carbocycles. The minimum absolute atomic E-state index is 0.0960. The smallest absolute Gasteiger partial charge is 0.270 e. The van der Waals surface area contributed by atoms with E-state index in [1.54, 1.807) is 51.3 Å². The zero-order valence-corrected chi connectivity index (χ0v) is 21.5. The summed E-state index contributed by atoms with van der Waals surface area (Å²) in [6.45, 7) is 4.78. The molecule has 2 aromatic carbocycles. The van der Waals surface area contributed by atoms with Crippen LogP contribution in [-0.2, 0) is 9.53 Å². The van der Waals surface area contributed by atoms with Crippen molar-refractivity contribution in [2.24, 2.45) is 0 Å². The standard InChI is InChI=1S/C29H28N4O3S/c1-20-17-32(18-21(2)36-20)29(35)25(30-28(34)22-10-5-3-6-11-22)16-23-19-33(24-12-7-4-8-13-24)31-27(23)26-14-9-15-37-26/h3-16,19-21H,17-18H2,1-2H3,(H,30,34)/b25-16-/t20-,21-/m1/s1. The third kappa shape index (κ3) is 5.71. The lowest BCUT2D eigenvalue weighted by molar-refractivity contribution is -0.139. The minimum atomic E-state index is -0.345. The molecule has 1 aliphatic rings. The van der Waals surface area contributed by atoms with Gasteiger partial charge < -0.3 is 15.0 Å². The lowest BCUT2D eigenvalue weighted by Gasteiger charge is -2.35. The number of para-hydroxylation sites is 1. The maximum atomic E-state index is 13.8. The number of ether oxygens (including phenoxy) is 1. The zero-order valence-electron chi connectivity index (χ0n) is 20.7. The monoisotopic (exact) mass is 512 g/mol. The molecule has 8 heteroatoms. The highest BCUT2D eigenvalue weighted by Gasteiger charge is 2.29. The van der Waals surface area contributed by atoms with Gasteiger partial charge in [-0.05, 0) is 55.6 Å². The Bertz CT molecular complexity index is 1390. The van der Waals surface area contributed by atoms with E-state index in [9.17, 15) is 9.59 Å². The van der Waals surface area contributed by atoms with Crippen LogP contribution in [-0.4, -0.2) is 51.8 Å². The summed E-state index contributed by atoms with van der Waals surface area (Å²) >= 11 is 1.57. The van der Waals surface area contributed by atoms with Gasteiger partial charge in [-0.2, -0.15) is 5.10 Å². The van der Waals surface area contributed by atoms with Gasteiger partial charge in [-0.25, -0.2) is 4.68 Å². The highest BCUT2D eigenvalue weighted by molar-refractivity contribution is 7.13. The third-order valence-corrected chi connectivity index (χ3v) is 6.92. The molecule has 0 spiro atoms. The molecule has 0 unspecified atom stereocenters. The van der Waals surface area contributed by atoms with E-state index in [0.717, 1.165) is 21.8 Å². The van der Waals surface area contributed by atoms with Crippen molar-refractivity contribution in [3.8, 4) is 16.3 Å². The van der Waals surface area contributed by atoms with Gasteiger partial charge in [0.2, 0.25) is 0 Å². The number of rotatable bonds is 6. The van der Waals surface area contributed by atoms with Crippen LogP contribution in [0.2, 0.25) is 0 Å². The molecule has 3 heterocycles. The Balaban J connectivity index is 1.57. The van der Waals surface area contributed by atoms with Crippen LogP contribution in [0.25, 0.3) is 22.3 Å². The van der Waals surface area contributed by atoms with Crippen LogP contribution < -0.4 is 5.32 Å². The molecule has 2 aromatic heterocycles. The van der Waals surface area contributed by atoms with Crippen molar-refractivity contribution in [1.29, 1.82) is 0 Å². The molecule has 37 heavy (non-hydrogen) atoms. The normalized spacial score (nSPS) is 18.0. The van der Waals surface area contributed by atoms with Crippen molar-refractivity contribution in [3.05, 3.63) is 101 Å². The van der Waals surface area contributed by atoms with E-state index in [2.05, 4.69) is 5.32 Å². The highest BCUT2D eigenvalue weighted by Crippen LogP contribution is 2.29. The molecule has 1 aliphatic heterocycles. The first-order chi connectivity index (χ1) is 18.0. The molecule has 188 valence electrons. The van der Waals surface area contributed by atoms with Crippen LogP contribution in [0, 0.1) is 0 Å². The number of thiophene rings is 1. The highest BCUT2D eigenvalue weighted by atomic mass is 32.1. The van der Waals surface area contributed by atoms with Gasteiger partial charge in [0, 0.05) is 30.4 Å². The number of morpholine rings is 1. The summed E-state index contributed by atoms with van der Waals surface area (Å²) in [5.74, 6) is -0.599. The SMILES string of the molecule is C[C@@H]1CN(C(=O)/C(=C/c2cn(-c3ccccc3)nc2-c2cccs2)NC(=O)c2ccccc2)C[C@@H](C)O1. The summed E-state index contributed by atoms with van der Waals surface area (Å²) in [4.78, 5) is 29.6. The van der Waals surface area contributed by atoms with Crippen LogP contribution in [0.3, 0.4) is 0 Å². The van der Waals surface area contributed by atoms with E-state index < -0.39 is 0 Å². The average Bonchev–Trinajstić information content (AvgIpc) is 3.58. The number of benzene rings is 2. The third-order valence-electron chi connectivity index (χ3n) is 6.04. The molecule has 4 aromatic rings. The molecule has 0 saturated carbocycles. The summed E-state index contributed by atoms with van der Waals surface area (Å²) < 4.78 is 7.62. The molecule has 1 N–H and O–H groups in total. The molecule has 0 bridgehead atoms.